The van der Waals surface area contributed by atoms with Crippen molar-refractivity contribution in [2.24, 2.45) is 0 Å². The zero-order chi connectivity index (χ0) is 15.7. The Balaban J connectivity index is 2.28. The van der Waals surface area contributed by atoms with Crippen LogP contribution in [-0.4, -0.2) is 17.2 Å². The molecule has 112 valence electrons. The molecule has 0 spiro atoms. The van der Waals surface area contributed by atoms with Gasteiger partial charge in [0.1, 0.15) is 11.6 Å². The van der Waals surface area contributed by atoms with Gasteiger partial charge in [0, 0.05) is 22.6 Å². The summed E-state index contributed by atoms with van der Waals surface area (Å²) in [7, 11) is 1.51. The molecule has 2 aromatic carbocycles. The molecule has 3 rings (SSSR count). The minimum Gasteiger partial charge on any atom is -0.496 e. The van der Waals surface area contributed by atoms with Crippen molar-refractivity contribution >= 4 is 10.9 Å². The van der Waals surface area contributed by atoms with E-state index in [-0.39, 0.29) is 12.4 Å². The maximum atomic E-state index is 13.4. The number of aliphatic hydroxyl groups excluding tert-OH is 1. The number of fused-ring (bicyclic) bond motifs is 1. The summed E-state index contributed by atoms with van der Waals surface area (Å²) in [5.74, 6) is 0.0851. The first-order valence-electron chi connectivity index (χ1n) is 6.98. The number of halogens is 1. The molecule has 3 aromatic rings. The van der Waals surface area contributed by atoms with Crippen molar-refractivity contribution in [1.82, 2.24) is 4.98 Å². The summed E-state index contributed by atoms with van der Waals surface area (Å²) < 4.78 is 18.6. The van der Waals surface area contributed by atoms with Crippen molar-refractivity contribution in [3.63, 3.8) is 0 Å². The van der Waals surface area contributed by atoms with E-state index < -0.39 is 0 Å². The predicted molar refractivity (Wildman–Crippen MR) is 84.3 cm³/mol. The number of benzene rings is 2. The summed E-state index contributed by atoms with van der Waals surface area (Å²) >= 11 is 0. The van der Waals surface area contributed by atoms with Crippen molar-refractivity contribution in [2.75, 3.05) is 7.11 Å². The minimum atomic E-state index is -0.353. The number of aryl methyl sites for hydroxylation is 1. The second-order valence-electron chi connectivity index (χ2n) is 5.14. The fourth-order valence-electron chi connectivity index (χ4n) is 2.62. The molecule has 0 unspecified atom stereocenters. The first kappa shape index (κ1) is 14.5. The van der Waals surface area contributed by atoms with E-state index in [4.69, 9.17) is 4.74 Å². The molecule has 3 nitrogen and oxygen atoms in total. The molecule has 0 aliphatic carbocycles. The van der Waals surface area contributed by atoms with Crippen LogP contribution >= 0.6 is 0 Å². The van der Waals surface area contributed by atoms with Crippen LogP contribution in [0.5, 0.6) is 5.75 Å². The summed E-state index contributed by atoms with van der Waals surface area (Å²) in [6, 6.07) is 12.1. The van der Waals surface area contributed by atoms with Gasteiger partial charge in [0.15, 0.2) is 0 Å². The SMILES string of the molecule is COc1cc(F)ccc1-c1cc(C)c2cccc(CO)c2n1. The maximum absolute atomic E-state index is 13.4. The highest BCUT2D eigenvalue weighted by Gasteiger charge is 2.12. The second-order valence-corrected chi connectivity index (χ2v) is 5.14. The normalized spacial score (nSPS) is 10.9. The van der Waals surface area contributed by atoms with Crippen LogP contribution < -0.4 is 4.74 Å². The molecule has 0 atom stereocenters. The standard InChI is InChI=1S/C18H16FNO2/c1-11-8-16(15-7-6-13(19)9-17(15)22-2)20-18-12(10-21)4-3-5-14(11)18/h3-9,21H,10H2,1-2H3. The molecule has 0 saturated carbocycles. The topological polar surface area (TPSA) is 42.4 Å². The summed E-state index contributed by atoms with van der Waals surface area (Å²) in [6.45, 7) is 1.92. The molecular weight excluding hydrogens is 281 g/mol. The van der Waals surface area contributed by atoms with E-state index in [2.05, 4.69) is 4.98 Å². The zero-order valence-corrected chi connectivity index (χ0v) is 12.4. The van der Waals surface area contributed by atoms with E-state index in [1.807, 2.05) is 31.2 Å². The molecule has 0 bridgehead atoms. The highest BCUT2D eigenvalue weighted by atomic mass is 19.1. The quantitative estimate of drug-likeness (QED) is 0.798. The number of nitrogens with zero attached hydrogens (tertiary/aromatic N) is 1. The van der Waals surface area contributed by atoms with Gasteiger partial charge < -0.3 is 9.84 Å². The number of methoxy groups -OCH3 is 1. The summed E-state index contributed by atoms with van der Waals surface area (Å²) in [5, 5.41) is 10.5. The van der Waals surface area contributed by atoms with Crippen LogP contribution in [0.25, 0.3) is 22.2 Å². The Bertz CT molecular complexity index is 846. The first-order chi connectivity index (χ1) is 10.6. The van der Waals surface area contributed by atoms with E-state index in [1.165, 1.54) is 19.2 Å². The lowest BCUT2D eigenvalue weighted by Crippen LogP contribution is -1.96. The Morgan fingerprint density at radius 1 is 1.18 bits per heavy atom. The van der Waals surface area contributed by atoms with Gasteiger partial charge >= 0.3 is 0 Å². The number of pyridine rings is 1. The lowest BCUT2D eigenvalue weighted by molar-refractivity contribution is 0.283. The number of hydrogen-bond donors (Lipinski definition) is 1. The molecule has 0 fully saturated rings. The Hall–Kier alpha value is -2.46. The Morgan fingerprint density at radius 2 is 2.00 bits per heavy atom. The van der Waals surface area contributed by atoms with Crippen molar-refractivity contribution in [3.8, 4) is 17.0 Å². The van der Waals surface area contributed by atoms with Crippen molar-refractivity contribution < 1.29 is 14.2 Å². The van der Waals surface area contributed by atoms with Crippen LogP contribution in [-0.2, 0) is 6.61 Å². The fraction of sp³-hybridized carbons (Fsp3) is 0.167. The monoisotopic (exact) mass is 297 g/mol. The molecule has 0 amide bonds. The highest BCUT2D eigenvalue weighted by molar-refractivity contribution is 5.88. The first-order valence-corrected chi connectivity index (χ1v) is 6.98. The predicted octanol–water partition coefficient (Wildman–Crippen LogP) is 3.85. The van der Waals surface area contributed by atoms with Gasteiger partial charge in [0.2, 0.25) is 0 Å². The molecular formula is C18H16FNO2. The Kier molecular flexibility index (Phi) is 3.77. The fourth-order valence-corrected chi connectivity index (χ4v) is 2.62. The number of para-hydroxylation sites is 1. The second kappa shape index (κ2) is 5.73. The van der Waals surface area contributed by atoms with Crippen LogP contribution in [0, 0.1) is 12.7 Å². The number of aromatic nitrogens is 1. The van der Waals surface area contributed by atoms with Gasteiger partial charge in [-0.05, 0) is 30.7 Å². The lowest BCUT2D eigenvalue weighted by atomic mass is 10.0. The van der Waals surface area contributed by atoms with Crippen LogP contribution in [0.2, 0.25) is 0 Å². The van der Waals surface area contributed by atoms with Crippen LogP contribution in [0.1, 0.15) is 11.1 Å². The average Bonchev–Trinajstić information content (AvgIpc) is 2.54. The van der Waals surface area contributed by atoms with Crippen molar-refractivity contribution in [1.29, 1.82) is 0 Å². The molecule has 22 heavy (non-hydrogen) atoms. The van der Waals surface area contributed by atoms with Gasteiger partial charge in [0.25, 0.3) is 0 Å². The van der Waals surface area contributed by atoms with Gasteiger partial charge in [-0.25, -0.2) is 9.37 Å². The minimum absolute atomic E-state index is 0.0756. The van der Waals surface area contributed by atoms with Crippen LogP contribution in [0.4, 0.5) is 4.39 Å². The van der Waals surface area contributed by atoms with E-state index in [1.54, 1.807) is 6.07 Å². The molecule has 1 N–H and O–H groups in total. The number of aliphatic hydroxyl groups is 1. The van der Waals surface area contributed by atoms with Gasteiger partial charge in [-0.2, -0.15) is 0 Å². The summed E-state index contributed by atoms with van der Waals surface area (Å²) in [5.41, 5.74) is 3.99. The Morgan fingerprint density at radius 3 is 2.73 bits per heavy atom. The molecule has 4 heteroatoms. The smallest absolute Gasteiger partial charge is 0.131 e. The van der Waals surface area contributed by atoms with Crippen molar-refractivity contribution in [3.05, 3.63) is 59.4 Å². The molecule has 0 aliphatic heterocycles. The summed E-state index contributed by atoms with van der Waals surface area (Å²) in [4.78, 5) is 4.65. The van der Waals surface area contributed by atoms with Gasteiger partial charge in [-0.3, -0.25) is 0 Å². The highest BCUT2D eigenvalue weighted by Crippen LogP contribution is 2.32. The van der Waals surface area contributed by atoms with Crippen LogP contribution in [0.15, 0.2) is 42.5 Å². The average molecular weight is 297 g/mol. The zero-order valence-electron chi connectivity index (χ0n) is 12.4. The number of rotatable bonds is 3. The molecule has 0 aliphatic rings. The van der Waals surface area contributed by atoms with E-state index >= 15 is 0 Å². The van der Waals surface area contributed by atoms with Gasteiger partial charge in [0.05, 0.1) is 24.9 Å². The maximum Gasteiger partial charge on any atom is 0.131 e. The van der Waals surface area contributed by atoms with Crippen molar-refractivity contribution in [2.45, 2.75) is 13.5 Å². The molecule has 1 aromatic heterocycles. The van der Waals surface area contributed by atoms with E-state index in [0.717, 1.165) is 27.6 Å². The third-order valence-corrected chi connectivity index (χ3v) is 3.74. The largest absolute Gasteiger partial charge is 0.496 e. The van der Waals surface area contributed by atoms with Crippen LogP contribution in [0.3, 0.4) is 0 Å². The third-order valence-electron chi connectivity index (χ3n) is 3.74. The third kappa shape index (κ3) is 2.42. The molecule has 0 saturated heterocycles. The summed E-state index contributed by atoms with van der Waals surface area (Å²) in [6.07, 6.45) is 0. The number of ether oxygens (including phenoxy) is 1. The number of hydrogen-bond acceptors (Lipinski definition) is 3. The van der Waals surface area contributed by atoms with Gasteiger partial charge in [-0.1, -0.05) is 18.2 Å². The Labute approximate surface area is 128 Å². The van der Waals surface area contributed by atoms with E-state index in [9.17, 15) is 9.50 Å². The van der Waals surface area contributed by atoms with E-state index in [0.29, 0.717) is 11.4 Å². The molecule has 1 heterocycles. The lowest BCUT2D eigenvalue weighted by Gasteiger charge is -2.12. The molecule has 0 radical (unpaired) electrons. The van der Waals surface area contributed by atoms with Gasteiger partial charge in [-0.15, -0.1) is 0 Å².